The van der Waals surface area contributed by atoms with E-state index in [0.717, 1.165) is 11.1 Å². The highest BCUT2D eigenvalue weighted by atomic mass is 32.2. The summed E-state index contributed by atoms with van der Waals surface area (Å²) in [5.41, 5.74) is 3.11. The Morgan fingerprint density at radius 1 is 1.05 bits per heavy atom. The van der Waals surface area contributed by atoms with Gasteiger partial charge in [0.1, 0.15) is 0 Å². The maximum atomic E-state index is 12.8. The molecule has 0 unspecified atom stereocenters. The molecule has 0 aliphatic carbocycles. The van der Waals surface area contributed by atoms with Crippen LogP contribution in [0.25, 0.3) is 15.9 Å². The van der Waals surface area contributed by atoms with Gasteiger partial charge in [-0.1, -0.05) is 43.0 Å². The first kappa shape index (κ1) is 12.3. The molecule has 1 aromatic heterocycles. The predicted molar refractivity (Wildman–Crippen MR) is 81.5 cm³/mol. The van der Waals surface area contributed by atoms with Gasteiger partial charge in [0.2, 0.25) is 15.0 Å². The van der Waals surface area contributed by atoms with Crippen molar-refractivity contribution in [3.8, 4) is 0 Å². The quantitative estimate of drug-likeness (QED) is 0.641. The van der Waals surface area contributed by atoms with E-state index in [0.29, 0.717) is 17.6 Å². The predicted octanol–water partition coefficient (Wildman–Crippen LogP) is 2.84. The van der Waals surface area contributed by atoms with Crippen molar-refractivity contribution >= 4 is 25.8 Å². The fourth-order valence-electron chi connectivity index (χ4n) is 2.77. The zero-order valence-electron chi connectivity index (χ0n) is 11.2. The summed E-state index contributed by atoms with van der Waals surface area (Å²) in [5, 5.41) is 0.0740. The summed E-state index contributed by atoms with van der Waals surface area (Å²) in [6.07, 6.45) is 0. The number of aromatic nitrogens is 2. The van der Waals surface area contributed by atoms with E-state index >= 15 is 0 Å². The average molecular weight is 296 g/mol. The van der Waals surface area contributed by atoms with Gasteiger partial charge in [-0.15, -0.1) is 0 Å². The number of para-hydroxylation sites is 2. The molecule has 1 aliphatic rings. The van der Waals surface area contributed by atoms with Crippen molar-refractivity contribution in [2.45, 2.75) is 11.7 Å². The molecule has 21 heavy (non-hydrogen) atoms. The van der Waals surface area contributed by atoms with Crippen LogP contribution in [0.3, 0.4) is 0 Å². The lowest BCUT2D eigenvalue weighted by Gasteiger charge is -2.06. The summed E-state index contributed by atoms with van der Waals surface area (Å²) >= 11 is 0. The molecule has 4 rings (SSSR count). The minimum Gasteiger partial charge on any atom is -0.310 e. The van der Waals surface area contributed by atoms with E-state index in [2.05, 4.69) is 11.6 Å². The van der Waals surface area contributed by atoms with Crippen molar-refractivity contribution in [2.24, 2.45) is 0 Å². The Kier molecular flexibility index (Phi) is 2.38. The Morgan fingerprint density at radius 2 is 1.76 bits per heavy atom. The van der Waals surface area contributed by atoms with Crippen molar-refractivity contribution in [1.29, 1.82) is 0 Å². The van der Waals surface area contributed by atoms with E-state index in [9.17, 15) is 8.42 Å². The largest absolute Gasteiger partial charge is 0.310 e. The molecule has 4 nitrogen and oxygen atoms in total. The van der Waals surface area contributed by atoms with E-state index < -0.39 is 9.84 Å². The van der Waals surface area contributed by atoms with Gasteiger partial charge in [-0.25, -0.2) is 13.4 Å². The van der Waals surface area contributed by atoms with Crippen LogP contribution in [0.1, 0.15) is 11.1 Å². The summed E-state index contributed by atoms with van der Waals surface area (Å²) in [7, 11) is -3.68. The van der Waals surface area contributed by atoms with Crippen LogP contribution in [0, 0.1) is 0 Å². The normalized spacial score (nSPS) is 16.3. The van der Waals surface area contributed by atoms with Crippen LogP contribution in [0.4, 0.5) is 0 Å². The van der Waals surface area contributed by atoms with Crippen molar-refractivity contribution in [1.82, 2.24) is 9.55 Å². The first-order valence-electron chi connectivity index (χ1n) is 6.56. The Labute approximate surface area is 122 Å². The number of benzene rings is 2. The molecule has 0 spiro atoms. The lowest BCUT2D eigenvalue weighted by atomic mass is 10.1. The van der Waals surface area contributed by atoms with Gasteiger partial charge in [0, 0.05) is 0 Å². The third kappa shape index (κ3) is 1.61. The monoisotopic (exact) mass is 296 g/mol. The van der Waals surface area contributed by atoms with E-state index in [1.807, 2.05) is 42.5 Å². The first-order valence-corrected chi connectivity index (χ1v) is 8.05. The van der Waals surface area contributed by atoms with Crippen molar-refractivity contribution in [2.75, 3.05) is 0 Å². The Balaban J connectivity index is 2.15. The molecular weight excluding hydrogens is 284 g/mol. The highest BCUT2D eigenvalue weighted by molar-refractivity contribution is 8.00. The van der Waals surface area contributed by atoms with Crippen molar-refractivity contribution in [3.05, 3.63) is 66.2 Å². The number of imidazole rings is 1. The number of rotatable bonds is 0. The molecular formula is C16H12N2O2S. The smallest absolute Gasteiger partial charge is 0.240 e. The van der Waals surface area contributed by atoms with Crippen LogP contribution >= 0.6 is 0 Å². The van der Waals surface area contributed by atoms with Crippen LogP contribution in [0.5, 0.6) is 0 Å². The third-order valence-corrected chi connectivity index (χ3v) is 5.49. The first-order chi connectivity index (χ1) is 10.1. The van der Waals surface area contributed by atoms with Gasteiger partial charge in [-0.2, -0.15) is 0 Å². The van der Waals surface area contributed by atoms with E-state index in [-0.39, 0.29) is 10.1 Å². The minimum absolute atomic E-state index is 0.0740. The Hall–Kier alpha value is -2.40. The molecule has 0 radical (unpaired) electrons. The summed E-state index contributed by atoms with van der Waals surface area (Å²) in [4.78, 5) is 4.43. The number of hydrogen-bond acceptors (Lipinski definition) is 3. The van der Waals surface area contributed by atoms with Gasteiger partial charge in [0.25, 0.3) is 0 Å². The zero-order valence-corrected chi connectivity index (χ0v) is 12.0. The Bertz CT molecular complexity index is 1000. The summed E-state index contributed by atoms with van der Waals surface area (Å²) in [6, 6.07) is 14.9. The summed E-state index contributed by atoms with van der Waals surface area (Å²) in [5.74, 6) is 0. The van der Waals surface area contributed by atoms with Gasteiger partial charge in [-0.3, -0.25) is 0 Å². The Morgan fingerprint density at radius 3 is 2.62 bits per heavy atom. The molecule has 0 fully saturated rings. The fourth-order valence-corrected chi connectivity index (χ4v) is 4.15. The molecule has 104 valence electrons. The van der Waals surface area contributed by atoms with Crippen LogP contribution in [-0.2, 0) is 16.4 Å². The van der Waals surface area contributed by atoms with Crippen molar-refractivity contribution < 1.29 is 8.42 Å². The molecule has 2 heterocycles. The highest BCUT2D eigenvalue weighted by Crippen LogP contribution is 2.34. The van der Waals surface area contributed by atoms with Gasteiger partial charge in [0.05, 0.1) is 22.5 Å². The number of sulfone groups is 1. The van der Waals surface area contributed by atoms with Crippen LogP contribution in [0.2, 0.25) is 0 Å². The molecule has 0 bridgehead atoms. The van der Waals surface area contributed by atoms with E-state index in [1.165, 1.54) is 0 Å². The van der Waals surface area contributed by atoms with Gasteiger partial charge in [-0.05, 0) is 23.3 Å². The van der Waals surface area contributed by atoms with Gasteiger partial charge < -0.3 is 4.57 Å². The van der Waals surface area contributed by atoms with Crippen LogP contribution in [-0.4, -0.2) is 18.0 Å². The maximum Gasteiger partial charge on any atom is 0.240 e. The second kappa shape index (κ2) is 4.05. The highest BCUT2D eigenvalue weighted by Gasteiger charge is 2.31. The summed E-state index contributed by atoms with van der Waals surface area (Å²) < 4.78 is 27.3. The average Bonchev–Trinajstić information content (AvgIpc) is 2.83. The fraction of sp³-hybridized carbons (Fsp3) is 0.0625. The molecule has 5 heteroatoms. The standard InChI is InChI=1S/C16H12N2O2S/c1-11-13-7-3-2-6-12(13)10-18-15-9-5-4-8-14(15)17-16(18)21(11,19)20/h2-9H,1,10H2. The number of hydrogen-bond donors (Lipinski definition) is 0. The molecule has 0 amide bonds. The molecule has 1 aliphatic heterocycles. The van der Waals surface area contributed by atoms with Crippen molar-refractivity contribution in [3.63, 3.8) is 0 Å². The van der Waals surface area contributed by atoms with E-state index in [4.69, 9.17) is 0 Å². The zero-order chi connectivity index (χ0) is 14.6. The molecule has 0 atom stereocenters. The molecule has 3 aromatic rings. The van der Waals surface area contributed by atoms with Crippen LogP contribution < -0.4 is 0 Å². The van der Waals surface area contributed by atoms with Gasteiger partial charge >= 0.3 is 0 Å². The topological polar surface area (TPSA) is 52.0 Å². The molecule has 0 saturated carbocycles. The maximum absolute atomic E-state index is 12.8. The summed E-state index contributed by atoms with van der Waals surface area (Å²) in [6.45, 7) is 4.27. The number of fused-ring (bicyclic) bond motifs is 4. The number of nitrogens with zero attached hydrogens (tertiary/aromatic N) is 2. The lowest BCUT2D eigenvalue weighted by molar-refractivity contribution is 0.588. The SMILES string of the molecule is C=C1c2ccccc2Cn2c(nc3ccccc32)S1(=O)=O. The second-order valence-electron chi connectivity index (χ2n) is 5.05. The lowest BCUT2D eigenvalue weighted by Crippen LogP contribution is -2.08. The van der Waals surface area contributed by atoms with E-state index in [1.54, 1.807) is 10.6 Å². The molecule has 0 saturated heterocycles. The third-order valence-electron chi connectivity index (χ3n) is 3.83. The van der Waals surface area contributed by atoms with Crippen LogP contribution in [0.15, 0.2) is 60.3 Å². The minimum atomic E-state index is -3.68. The van der Waals surface area contributed by atoms with Gasteiger partial charge in [0.15, 0.2) is 0 Å². The molecule has 0 N–H and O–H groups in total. The molecule has 2 aromatic carbocycles. The second-order valence-corrected chi connectivity index (χ2v) is 6.92.